The summed E-state index contributed by atoms with van der Waals surface area (Å²) in [5.41, 5.74) is 1.07. The summed E-state index contributed by atoms with van der Waals surface area (Å²) in [6.45, 7) is 3.44. The Kier molecular flexibility index (Phi) is 4.53. The van der Waals surface area contributed by atoms with Gasteiger partial charge in [-0.15, -0.1) is 0 Å². The number of rotatable bonds is 3. The molecule has 1 rings (SSSR count). The van der Waals surface area contributed by atoms with Crippen molar-refractivity contribution in [3.63, 3.8) is 0 Å². The van der Waals surface area contributed by atoms with Gasteiger partial charge >= 0.3 is 5.97 Å². The third-order valence-corrected chi connectivity index (χ3v) is 2.72. The second-order valence-corrected chi connectivity index (χ2v) is 4.55. The van der Waals surface area contributed by atoms with Crippen LogP contribution in [0.4, 0.5) is 0 Å². The Morgan fingerprint density at radius 3 is 2.73 bits per heavy atom. The van der Waals surface area contributed by atoms with Crippen molar-refractivity contribution in [3.8, 4) is 0 Å². The van der Waals surface area contributed by atoms with Crippen LogP contribution in [0, 0.1) is 3.57 Å². The Balaban J connectivity index is 3.06. The topological polar surface area (TPSA) is 46.5 Å². The molecular weight excluding hydrogens is 307 g/mol. The highest BCUT2D eigenvalue weighted by Gasteiger charge is 2.16. The fraction of sp³-hybridized carbons (Fsp3) is 0.364. The number of hydrogen-bond donors (Lipinski definition) is 1. The van der Waals surface area contributed by atoms with Gasteiger partial charge < -0.3 is 9.84 Å². The highest BCUT2D eigenvalue weighted by molar-refractivity contribution is 14.1. The average Bonchev–Trinajstić information content (AvgIpc) is 2.15. The zero-order valence-electron chi connectivity index (χ0n) is 8.66. The summed E-state index contributed by atoms with van der Waals surface area (Å²) in [4.78, 5) is 11.7. The van der Waals surface area contributed by atoms with E-state index < -0.39 is 0 Å². The third kappa shape index (κ3) is 3.17. The van der Waals surface area contributed by atoms with Gasteiger partial charge in [0, 0.05) is 3.57 Å². The quantitative estimate of drug-likeness (QED) is 0.687. The van der Waals surface area contributed by atoms with E-state index in [1.54, 1.807) is 26.0 Å². The minimum absolute atomic E-state index is 0.153. The molecule has 0 radical (unpaired) electrons. The summed E-state index contributed by atoms with van der Waals surface area (Å²) in [7, 11) is 0. The number of aliphatic hydroxyl groups excluding tert-OH is 1. The number of halogens is 1. The van der Waals surface area contributed by atoms with Crippen LogP contribution < -0.4 is 0 Å². The fourth-order valence-corrected chi connectivity index (χ4v) is 1.98. The molecule has 1 aromatic rings. The molecular formula is C11H13IO3. The molecule has 0 aliphatic rings. The maximum Gasteiger partial charge on any atom is 0.339 e. The molecule has 82 valence electrons. The standard InChI is InChI=1S/C11H13IO3/c1-7(2)15-11(14)10-8(6-13)4-3-5-9(10)12/h3-5,7,13H,6H2,1-2H3. The Labute approximate surface area is 103 Å². The van der Waals surface area contributed by atoms with Gasteiger partial charge in [0.05, 0.1) is 18.3 Å². The summed E-state index contributed by atoms with van der Waals surface area (Å²) in [6.07, 6.45) is -0.153. The predicted octanol–water partition coefficient (Wildman–Crippen LogP) is 2.35. The molecule has 0 bridgehead atoms. The van der Waals surface area contributed by atoms with E-state index in [0.29, 0.717) is 11.1 Å². The number of hydrogen-bond acceptors (Lipinski definition) is 3. The maximum atomic E-state index is 11.7. The van der Waals surface area contributed by atoms with E-state index in [2.05, 4.69) is 22.6 Å². The summed E-state index contributed by atoms with van der Waals surface area (Å²) in [5.74, 6) is -0.376. The van der Waals surface area contributed by atoms with Crippen molar-refractivity contribution in [1.29, 1.82) is 0 Å². The van der Waals surface area contributed by atoms with Crippen molar-refractivity contribution in [1.82, 2.24) is 0 Å². The molecule has 0 unspecified atom stereocenters. The normalized spacial score (nSPS) is 10.5. The molecule has 0 spiro atoms. The van der Waals surface area contributed by atoms with Gasteiger partial charge in [0.25, 0.3) is 0 Å². The van der Waals surface area contributed by atoms with Crippen LogP contribution in [-0.2, 0) is 11.3 Å². The molecule has 4 heteroatoms. The first-order chi connectivity index (χ1) is 7.06. The van der Waals surface area contributed by atoms with Gasteiger partial charge in [0.2, 0.25) is 0 Å². The molecule has 0 saturated carbocycles. The summed E-state index contributed by atoms with van der Waals surface area (Å²) in [5, 5.41) is 9.11. The van der Waals surface area contributed by atoms with Gasteiger partial charge in [0.15, 0.2) is 0 Å². The van der Waals surface area contributed by atoms with Crippen LogP contribution in [0.2, 0.25) is 0 Å². The van der Waals surface area contributed by atoms with E-state index in [-0.39, 0.29) is 18.7 Å². The first kappa shape index (κ1) is 12.4. The molecule has 15 heavy (non-hydrogen) atoms. The van der Waals surface area contributed by atoms with E-state index in [4.69, 9.17) is 9.84 Å². The Morgan fingerprint density at radius 1 is 1.53 bits per heavy atom. The summed E-state index contributed by atoms with van der Waals surface area (Å²) >= 11 is 2.06. The number of ether oxygens (including phenoxy) is 1. The van der Waals surface area contributed by atoms with E-state index >= 15 is 0 Å². The van der Waals surface area contributed by atoms with Crippen LogP contribution >= 0.6 is 22.6 Å². The molecule has 3 nitrogen and oxygen atoms in total. The van der Waals surface area contributed by atoms with Gasteiger partial charge in [-0.3, -0.25) is 0 Å². The molecule has 0 fully saturated rings. The van der Waals surface area contributed by atoms with Crippen LogP contribution in [0.3, 0.4) is 0 Å². The number of carbonyl (C=O) groups excluding carboxylic acids is 1. The molecule has 0 aromatic heterocycles. The van der Waals surface area contributed by atoms with Crippen molar-refractivity contribution in [2.75, 3.05) is 0 Å². The second-order valence-electron chi connectivity index (χ2n) is 3.39. The van der Waals surface area contributed by atoms with E-state index in [1.807, 2.05) is 6.07 Å². The Morgan fingerprint density at radius 2 is 2.20 bits per heavy atom. The van der Waals surface area contributed by atoms with Crippen molar-refractivity contribution in [3.05, 3.63) is 32.9 Å². The highest BCUT2D eigenvalue weighted by atomic mass is 127. The molecule has 0 aliphatic heterocycles. The van der Waals surface area contributed by atoms with Crippen LogP contribution in [0.5, 0.6) is 0 Å². The first-order valence-corrected chi connectivity index (χ1v) is 5.73. The predicted molar refractivity (Wildman–Crippen MR) is 65.6 cm³/mol. The molecule has 1 aromatic carbocycles. The molecule has 1 N–H and O–H groups in total. The van der Waals surface area contributed by atoms with Crippen LogP contribution in [0.25, 0.3) is 0 Å². The molecule has 0 aliphatic carbocycles. The lowest BCUT2D eigenvalue weighted by Crippen LogP contribution is -2.15. The van der Waals surface area contributed by atoms with Gasteiger partial charge in [-0.05, 0) is 48.1 Å². The van der Waals surface area contributed by atoms with E-state index in [1.165, 1.54) is 0 Å². The van der Waals surface area contributed by atoms with Crippen LogP contribution in [-0.4, -0.2) is 17.2 Å². The van der Waals surface area contributed by atoms with Crippen LogP contribution in [0.1, 0.15) is 29.8 Å². The smallest absolute Gasteiger partial charge is 0.339 e. The zero-order valence-corrected chi connectivity index (χ0v) is 10.8. The summed E-state index contributed by atoms with van der Waals surface area (Å²) in [6, 6.07) is 5.34. The zero-order chi connectivity index (χ0) is 11.4. The molecule has 0 atom stereocenters. The average molecular weight is 320 g/mol. The van der Waals surface area contributed by atoms with Crippen LogP contribution in [0.15, 0.2) is 18.2 Å². The lowest BCUT2D eigenvalue weighted by atomic mass is 10.1. The molecule has 0 heterocycles. The lowest BCUT2D eigenvalue weighted by Gasteiger charge is -2.11. The number of benzene rings is 1. The van der Waals surface area contributed by atoms with E-state index in [9.17, 15) is 4.79 Å². The van der Waals surface area contributed by atoms with Gasteiger partial charge in [0.1, 0.15) is 0 Å². The first-order valence-electron chi connectivity index (χ1n) is 4.65. The van der Waals surface area contributed by atoms with Gasteiger partial charge in [-0.2, -0.15) is 0 Å². The third-order valence-electron chi connectivity index (χ3n) is 1.82. The fourth-order valence-electron chi connectivity index (χ4n) is 1.20. The largest absolute Gasteiger partial charge is 0.459 e. The van der Waals surface area contributed by atoms with Crippen molar-refractivity contribution in [2.24, 2.45) is 0 Å². The molecule has 0 saturated heterocycles. The van der Waals surface area contributed by atoms with E-state index in [0.717, 1.165) is 3.57 Å². The second kappa shape index (κ2) is 5.46. The monoisotopic (exact) mass is 320 g/mol. The SMILES string of the molecule is CC(C)OC(=O)c1c(I)cccc1CO. The highest BCUT2D eigenvalue weighted by Crippen LogP contribution is 2.18. The molecule has 0 amide bonds. The minimum Gasteiger partial charge on any atom is -0.459 e. The number of carbonyl (C=O) groups is 1. The number of aliphatic hydroxyl groups is 1. The minimum atomic E-state index is -0.376. The van der Waals surface area contributed by atoms with Gasteiger partial charge in [-0.25, -0.2) is 4.79 Å². The van der Waals surface area contributed by atoms with Crippen molar-refractivity contribution in [2.45, 2.75) is 26.6 Å². The van der Waals surface area contributed by atoms with Crippen molar-refractivity contribution >= 4 is 28.6 Å². The lowest BCUT2D eigenvalue weighted by molar-refractivity contribution is 0.0373. The van der Waals surface area contributed by atoms with Crippen molar-refractivity contribution < 1.29 is 14.6 Å². The summed E-state index contributed by atoms with van der Waals surface area (Å²) < 4.78 is 5.90. The Bertz CT molecular complexity index is 361. The van der Waals surface area contributed by atoms with Gasteiger partial charge in [-0.1, -0.05) is 12.1 Å². The Hall–Kier alpha value is -0.620. The maximum absolute atomic E-state index is 11.7. The number of esters is 1.